The number of carbonyl (C=O) groups excluding carboxylic acids is 1. The van der Waals surface area contributed by atoms with Crippen LogP contribution in [0.3, 0.4) is 0 Å². The summed E-state index contributed by atoms with van der Waals surface area (Å²) in [6, 6.07) is 4.50. The fraction of sp³-hybridized carbons (Fsp3) is 0.273. The summed E-state index contributed by atoms with van der Waals surface area (Å²) in [6.45, 7) is 1.28. The van der Waals surface area contributed by atoms with Crippen molar-refractivity contribution in [1.82, 2.24) is 0 Å². The molecule has 0 aliphatic heterocycles. The van der Waals surface area contributed by atoms with Crippen LogP contribution in [0.2, 0.25) is 0 Å². The molecule has 0 aliphatic carbocycles. The van der Waals surface area contributed by atoms with Crippen LogP contribution in [0.15, 0.2) is 18.2 Å². The minimum atomic E-state index is -1.72. The number of methoxy groups -OCH3 is 1. The number of anilines is 1. The molecule has 1 aromatic rings. The molecule has 0 saturated carbocycles. The second-order valence-electron chi connectivity index (χ2n) is 3.35. The third-order valence-corrected chi connectivity index (χ3v) is 2.11. The largest absolute Gasteiger partial charge is 0.495 e. The molecule has 0 spiro atoms. The van der Waals surface area contributed by atoms with Crippen molar-refractivity contribution in [2.24, 2.45) is 0 Å². The first-order valence-electron chi connectivity index (χ1n) is 4.82. The number of aliphatic hydroxyl groups excluding tert-OH is 1. The van der Waals surface area contributed by atoms with Crippen LogP contribution in [0.25, 0.3) is 0 Å². The number of carbonyl (C=O) groups is 2. The number of nitrogens with one attached hydrogen (secondary N) is 1. The molecule has 0 heterocycles. The standard InChI is InChI=1S/C11H13NO5/c1-6(13)12-9-7(10(14)11(15)16)4-3-5-8(9)17-2/h3-5,10,14H,1-2H3,(H,12,13)(H,15,16). The van der Waals surface area contributed by atoms with Crippen molar-refractivity contribution in [2.75, 3.05) is 12.4 Å². The molecule has 0 bridgehead atoms. The smallest absolute Gasteiger partial charge is 0.337 e. The SMILES string of the molecule is COc1cccc(C(O)C(=O)O)c1NC(C)=O. The highest BCUT2D eigenvalue weighted by atomic mass is 16.5. The third kappa shape index (κ3) is 2.94. The van der Waals surface area contributed by atoms with Gasteiger partial charge in [0, 0.05) is 12.5 Å². The summed E-state index contributed by atoms with van der Waals surface area (Å²) < 4.78 is 5.00. The lowest BCUT2D eigenvalue weighted by Crippen LogP contribution is -2.16. The molecule has 92 valence electrons. The minimum absolute atomic E-state index is 0.0760. The number of para-hydroxylation sites is 1. The average Bonchev–Trinajstić information content (AvgIpc) is 2.27. The molecule has 0 aromatic heterocycles. The third-order valence-electron chi connectivity index (χ3n) is 2.11. The molecule has 0 saturated heterocycles. The van der Waals surface area contributed by atoms with E-state index in [2.05, 4.69) is 5.32 Å². The quantitative estimate of drug-likeness (QED) is 0.721. The van der Waals surface area contributed by atoms with Crippen LogP contribution in [0, 0.1) is 0 Å². The van der Waals surface area contributed by atoms with Gasteiger partial charge in [-0.25, -0.2) is 4.79 Å². The summed E-state index contributed by atoms with van der Waals surface area (Å²) >= 11 is 0. The van der Waals surface area contributed by atoms with Crippen LogP contribution in [0.4, 0.5) is 5.69 Å². The van der Waals surface area contributed by atoms with Crippen molar-refractivity contribution in [2.45, 2.75) is 13.0 Å². The van der Waals surface area contributed by atoms with E-state index in [9.17, 15) is 14.7 Å². The predicted molar refractivity (Wildman–Crippen MR) is 59.9 cm³/mol. The summed E-state index contributed by atoms with van der Waals surface area (Å²) in [5, 5.41) is 20.7. The van der Waals surface area contributed by atoms with Crippen LogP contribution in [0.5, 0.6) is 5.75 Å². The molecule has 3 N–H and O–H groups in total. The number of amides is 1. The molecule has 0 aliphatic rings. The van der Waals surface area contributed by atoms with E-state index < -0.39 is 12.1 Å². The maximum Gasteiger partial charge on any atom is 0.337 e. The van der Waals surface area contributed by atoms with E-state index in [1.807, 2.05) is 0 Å². The van der Waals surface area contributed by atoms with Crippen molar-refractivity contribution in [1.29, 1.82) is 0 Å². The molecule has 1 amide bonds. The van der Waals surface area contributed by atoms with E-state index >= 15 is 0 Å². The van der Waals surface area contributed by atoms with E-state index in [1.54, 1.807) is 6.07 Å². The second kappa shape index (κ2) is 5.31. The van der Waals surface area contributed by atoms with E-state index in [-0.39, 0.29) is 22.9 Å². The van der Waals surface area contributed by atoms with Gasteiger partial charge in [-0.05, 0) is 6.07 Å². The Morgan fingerprint density at radius 2 is 2.06 bits per heavy atom. The Bertz CT molecular complexity index is 443. The highest BCUT2D eigenvalue weighted by Crippen LogP contribution is 2.32. The van der Waals surface area contributed by atoms with Crippen LogP contribution < -0.4 is 10.1 Å². The van der Waals surface area contributed by atoms with Crippen molar-refractivity contribution in [3.05, 3.63) is 23.8 Å². The fourth-order valence-corrected chi connectivity index (χ4v) is 1.39. The van der Waals surface area contributed by atoms with Gasteiger partial charge in [0.25, 0.3) is 0 Å². The number of rotatable bonds is 4. The number of ether oxygens (including phenoxy) is 1. The lowest BCUT2D eigenvalue weighted by atomic mass is 10.1. The van der Waals surface area contributed by atoms with Gasteiger partial charge in [0.1, 0.15) is 5.75 Å². The molecule has 1 rings (SSSR count). The Kier molecular flexibility index (Phi) is 4.06. The van der Waals surface area contributed by atoms with Gasteiger partial charge in [-0.15, -0.1) is 0 Å². The van der Waals surface area contributed by atoms with Crippen LogP contribution in [-0.2, 0) is 9.59 Å². The molecule has 1 aromatic carbocycles. The number of aliphatic carboxylic acids is 1. The maximum atomic E-state index is 11.0. The molecular weight excluding hydrogens is 226 g/mol. The van der Waals surface area contributed by atoms with Gasteiger partial charge in [0.05, 0.1) is 12.8 Å². The van der Waals surface area contributed by atoms with Crippen molar-refractivity contribution >= 4 is 17.6 Å². The first-order chi connectivity index (χ1) is 7.97. The molecule has 0 radical (unpaired) electrons. The van der Waals surface area contributed by atoms with Gasteiger partial charge in [-0.3, -0.25) is 4.79 Å². The lowest BCUT2D eigenvalue weighted by Gasteiger charge is -2.15. The predicted octanol–water partition coefficient (Wildman–Crippen LogP) is 0.772. The first kappa shape index (κ1) is 13.0. The summed E-state index contributed by atoms with van der Waals surface area (Å²) in [5.41, 5.74) is 0.240. The van der Waals surface area contributed by atoms with E-state index in [4.69, 9.17) is 9.84 Å². The monoisotopic (exact) mass is 239 g/mol. The highest BCUT2D eigenvalue weighted by Gasteiger charge is 2.22. The number of hydrogen-bond acceptors (Lipinski definition) is 4. The molecule has 17 heavy (non-hydrogen) atoms. The summed E-state index contributed by atoms with van der Waals surface area (Å²) in [4.78, 5) is 21.8. The normalized spacial score (nSPS) is 11.7. The van der Waals surface area contributed by atoms with Crippen LogP contribution >= 0.6 is 0 Å². The zero-order valence-corrected chi connectivity index (χ0v) is 9.43. The lowest BCUT2D eigenvalue weighted by molar-refractivity contribution is -0.146. The fourth-order valence-electron chi connectivity index (χ4n) is 1.39. The minimum Gasteiger partial charge on any atom is -0.495 e. The van der Waals surface area contributed by atoms with E-state index in [1.165, 1.54) is 26.2 Å². The number of aliphatic hydroxyl groups is 1. The summed E-state index contributed by atoms with van der Waals surface area (Å²) in [6.07, 6.45) is -1.72. The van der Waals surface area contributed by atoms with Crippen molar-refractivity contribution < 1.29 is 24.5 Å². The first-order valence-corrected chi connectivity index (χ1v) is 4.82. The zero-order valence-electron chi connectivity index (χ0n) is 9.43. The molecule has 6 nitrogen and oxygen atoms in total. The Morgan fingerprint density at radius 1 is 1.41 bits per heavy atom. The number of carboxylic acids is 1. The Morgan fingerprint density at radius 3 is 2.53 bits per heavy atom. The molecular formula is C11H13NO5. The van der Waals surface area contributed by atoms with Gasteiger partial charge < -0.3 is 20.3 Å². The molecule has 1 atom stereocenters. The van der Waals surface area contributed by atoms with Crippen LogP contribution in [0.1, 0.15) is 18.6 Å². The molecule has 1 unspecified atom stereocenters. The zero-order chi connectivity index (χ0) is 13.0. The number of hydrogen-bond donors (Lipinski definition) is 3. The second-order valence-corrected chi connectivity index (χ2v) is 3.35. The maximum absolute atomic E-state index is 11.0. The molecule has 0 fully saturated rings. The summed E-state index contributed by atoms with van der Waals surface area (Å²) in [7, 11) is 1.39. The van der Waals surface area contributed by atoms with Gasteiger partial charge in [0.2, 0.25) is 5.91 Å². The van der Waals surface area contributed by atoms with Gasteiger partial charge >= 0.3 is 5.97 Å². The Hall–Kier alpha value is -2.08. The van der Waals surface area contributed by atoms with Gasteiger partial charge in [-0.2, -0.15) is 0 Å². The Labute approximate surface area is 97.8 Å². The highest BCUT2D eigenvalue weighted by molar-refractivity contribution is 5.93. The van der Waals surface area contributed by atoms with Crippen LogP contribution in [-0.4, -0.2) is 29.2 Å². The van der Waals surface area contributed by atoms with E-state index in [0.717, 1.165) is 0 Å². The topological polar surface area (TPSA) is 95.9 Å². The average molecular weight is 239 g/mol. The Balaban J connectivity index is 3.28. The van der Waals surface area contributed by atoms with Gasteiger partial charge in [-0.1, -0.05) is 12.1 Å². The summed E-state index contributed by atoms with van der Waals surface area (Å²) in [5.74, 6) is -1.49. The number of benzene rings is 1. The number of carboxylic acid groups (broad SMARTS) is 1. The molecule has 6 heteroatoms. The van der Waals surface area contributed by atoms with Crippen molar-refractivity contribution in [3.63, 3.8) is 0 Å². The van der Waals surface area contributed by atoms with E-state index in [0.29, 0.717) is 0 Å². The van der Waals surface area contributed by atoms with Crippen molar-refractivity contribution in [3.8, 4) is 5.75 Å². The van der Waals surface area contributed by atoms with Gasteiger partial charge in [0.15, 0.2) is 6.10 Å².